The number of allylic oxidation sites excluding steroid dienone is 1. The van der Waals surface area contributed by atoms with E-state index in [0.29, 0.717) is 0 Å². The van der Waals surface area contributed by atoms with E-state index in [1.807, 2.05) is 19.9 Å². The Morgan fingerprint density at radius 3 is 2.56 bits per heavy atom. The molecule has 0 N–H and O–H groups in total. The summed E-state index contributed by atoms with van der Waals surface area (Å²) in [7, 11) is 0. The minimum absolute atomic E-state index is 0.127. The highest BCUT2D eigenvalue weighted by Crippen LogP contribution is 2.29. The fourth-order valence-corrected chi connectivity index (χ4v) is 3.17. The molecule has 98 valence electrons. The number of carbonyl (C=O) groups excluding carboxylic acids is 1. The summed E-state index contributed by atoms with van der Waals surface area (Å²) in [6, 6.07) is 0. The molecule has 0 spiro atoms. The van der Waals surface area contributed by atoms with E-state index in [4.69, 9.17) is 0 Å². The molecule has 0 amide bonds. The zero-order valence-electron chi connectivity index (χ0n) is 11.3. The van der Waals surface area contributed by atoms with Gasteiger partial charge in [-0.2, -0.15) is 0 Å². The van der Waals surface area contributed by atoms with Crippen molar-refractivity contribution in [2.24, 2.45) is 0 Å². The van der Waals surface area contributed by atoms with Crippen molar-refractivity contribution in [3.05, 3.63) is 16.1 Å². The van der Waals surface area contributed by atoms with Gasteiger partial charge in [0, 0.05) is 13.1 Å². The number of anilines is 1. The van der Waals surface area contributed by atoms with Gasteiger partial charge in [0.15, 0.2) is 10.9 Å². The van der Waals surface area contributed by atoms with Crippen molar-refractivity contribution in [1.82, 2.24) is 4.98 Å². The third-order valence-corrected chi connectivity index (χ3v) is 4.52. The zero-order chi connectivity index (χ0) is 13.1. The second-order valence-electron chi connectivity index (χ2n) is 4.88. The van der Waals surface area contributed by atoms with E-state index in [2.05, 4.69) is 9.88 Å². The quantitative estimate of drug-likeness (QED) is 0.784. The predicted octanol–water partition coefficient (Wildman–Crippen LogP) is 3.43. The van der Waals surface area contributed by atoms with Gasteiger partial charge in [-0.05, 0) is 51.7 Å². The van der Waals surface area contributed by atoms with Crippen LogP contribution in [0.15, 0.2) is 5.57 Å². The van der Waals surface area contributed by atoms with Crippen LogP contribution in [0.5, 0.6) is 0 Å². The minimum Gasteiger partial charge on any atom is -0.348 e. The molecule has 0 aromatic carbocycles. The van der Waals surface area contributed by atoms with E-state index < -0.39 is 0 Å². The zero-order valence-corrected chi connectivity index (χ0v) is 12.1. The van der Waals surface area contributed by atoms with Gasteiger partial charge in [0.05, 0.1) is 10.6 Å². The monoisotopic (exact) mass is 264 g/mol. The number of hydrogen-bond acceptors (Lipinski definition) is 4. The molecular weight excluding hydrogens is 244 g/mol. The average Bonchev–Trinajstić information content (AvgIpc) is 2.72. The largest absolute Gasteiger partial charge is 0.348 e. The first-order valence-corrected chi connectivity index (χ1v) is 7.31. The second-order valence-corrected chi connectivity index (χ2v) is 5.89. The van der Waals surface area contributed by atoms with Crippen LogP contribution >= 0.6 is 11.3 Å². The Bertz CT molecular complexity index is 470. The highest BCUT2D eigenvalue weighted by Gasteiger charge is 2.16. The number of aromatic nitrogens is 1. The van der Waals surface area contributed by atoms with Crippen LogP contribution in [-0.2, 0) is 4.79 Å². The summed E-state index contributed by atoms with van der Waals surface area (Å²) in [5.41, 5.74) is 1.83. The number of piperidine rings is 1. The Balaban J connectivity index is 2.21. The molecular formula is C14H20N2OS. The van der Waals surface area contributed by atoms with Gasteiger partial charge in [-0.3, -0.25) is 4.79 Å². The molecule has 4 heteroatoms. The van der Waals surface area contributed by atoms with E-state index in [1.165, 1.54) is 19.3 Å². The normalized spacial score (nSPS) is 17.1. The standard InChI is InChI=1S/C14H20N2OS/c1-10(12(3)17)9-13-11(2)15-14(18-13)16-7-5-4-6-8-16/h9H,4-8H2,1-3H3. The molecule has 1 aromatic rings. The molecule has 1 saturated heterocycles. The highest BCUT2D eigenvalue weighted by atomic mass is 32.1. The van der Waals surface area contributed by atoms with Crippen molar-refractivity contribution in [3.8, 4) is 0 Å². The number of carbonyl (C=O) groups is 1. The number of hydrogen-bond donors (Lipinski definition) is 0. The maximum atomic E-state index is 11.3. The molecule has 1 aliphatic rings. The van der Waals surface area contributed by atoms with Crippen LogP contribution in [0.4, 0.5) is 5.13 Å². The van der Waals surface area contributed by atoms with Gasteiger partial charge in [-0.25, -0.2) is 4.98 Å². The lowest BCUT2D eigenvalue weighted by Crippen LogP contribution is -2.29. The Morgan fingerprint density at radius 1 is 1.28 bits per heavy atom. The minimum atomic E-state index is 0.127. The van der Waals surface area contributed by atoms with Crippen molar-refractivity contribution in [2.45, 2.75) is 40.0 Å². The summed E-state index contributed by atoms with van der Waals surface area (Å²) in [5.74, 6) is 0.127. The van der Waals surface area contributed by atoms with Gasteiger partial charge in [0.2, 0.25) is 0 Å². The molecule has 0 bridgehead atoms. The molecule has 0 saturated carbocycles. The number of Topliss-reactive ketones (excluding diaryl/α,β-unsaturated/α-hetero) is 1. The Labute approximate surface area is 113 Å². The number of rotatable bonds is 3. The average molecular weight is 264 g/mol. The van der Waals surface area contributed by atoms with E-state index in [0.717, 1.165) is 34.4 Å². The summed E-state index contributed by atoms with van der Waals surface area (Å²) in [6.07, 6.45) is 5.81. The lowest BCUT2D eigenvalue weighted by atomic mass is 10.1. The third-order valence-electron chi connectivity index (χ3n) is 3.35. The lowest BCUT2D eigenvalue weighted by Gasteiger charge is -2.25. The Kier molecular flexibility index (Phi) is 4.17. The number of ketones is 1. The molecule has 0 unspecified atom stereocenters. The highest BCUT2D eigenvalue weighted by molar-refractivity contribution is 7.16. The maximum absolute atomic E-state index is 11.3. The van der Waals surface area contributed by atoms with E-state index in [1.54, 1.807) is 18.3 Å². The maximum Gasteiger partial charge on any atom is 0.186 e. The first-order chi connectivity index (χ1) is 8.58. The molecule has 18 heavy (non-hydrogen) atoms. The van der Waals surface area contributed by atoms with Gasteiger partial charge in [0.25, 0.3) is 0 Å². The van der Waals surface area contributed by atoms with Crippen LogP contribution in [-0.4, -0.2) is 23.9 Å². The molecule has 0 aliphatic carbocycles. The van der Waals surface area contributed by atoms with Crippen LogP contribution in [0, 0.1) is 6.92 Å². The molecule has 2 rings (SSSR count). The van der Waals surface area contributed by atoms with Gasteiger partial charge >= 0.3 is 0 Å². The number of thiazole rings is 1. The van der Waals surface area contributed by atoms with Crippen LogP contribution < -0.4 is 4.90 Å². The summed E-state index contributed by atoms with van der Waals surface area (Å²) in [5, 5.41) is 1.11. The summed E-state index contributed by atoms with van der Waals surface area (Å²) in [6.45, 7) is 7.71. The molecule has 3 nitrogen and oxygen atoms in total. The van der Waals surface area contributed by atoms with Crippen molar-refractivity contribution in [3.63, 3.8) is 0 Å². The fourth-order valence-electron chi connectivity index (χ4n) is 2.05. The van der Waals surface area contributed by atoms with Crippen LogP contribution in [0.3, 0.4) is 0 Å². The first kappa shape index (κ1) is 13.3. The third kappa shape index (κ3) is 2.99. The molecule has 1 aromatic heterocycles. The SMILES string of the molecule is CC(=O)C(C)=Cc1sc(N2CCCCC2)nc1C. The molecule has 1 aliphatic heterocycles. The second kappa shape index (κ2) is 5.65. The molecule has 2 heterocycles. The lowest BCUT2D eigenvalue weighted by molar-refractivity contribution is -0.113. The smallest absolute Gasteiger partial charge is 0.186 e. The number of nitrogens with zero attached hydrogens (tertiary/aromatic N) is 2. The van der Waals surface area contributed by atoms with Gasteiger partial charge in [-0.15, -0.1) is 0 Å². The Morgan fingerprint density at radius 2 is 1.94 bits per heavy atom. The van der Waals surface area contributed by atoms with Crippen molar-refractivity contribution in [2.75, 3.05) is 18.0 Å². The van der Waals surface area contributed by atoms with Gasteiger partial charge < -0.3 is 4.90 Å². The Hall–Kier alpha value is -1.16. The van der Waals surface area contributed by atoms with Gasteiger partial charge in [0.1, 0.15) is 0 Å². The first-order valence-electron chi connectivity index (χ1n) is 6.49. The topological polar surface area (TPSA) is 33.2 Å². The molecule has 0 atom stereocenters. The summed E-state index contributed by atoms with van der Waals surface area (Å²) < 4.78 is 0. The number of aryl methyl sites for hydroxylation is 1. The van der Waals surface area contributed by atoms with E-state index >= 15 is 0 Å². The van der Waals surface area contributed by atoms with Crippen molar-refractivity contribution in [1.29, 1.82) is 0 Å². The van der Waals surface area contributed by atoms with Crippen molar-refractivity contribution >= 4 is 28.3 Å². The van der Waals surface area contributed by atoms with Crippen molar-refractivity contribution < 1.29 is 4.79 Å². The van der Waals surface area contributed by atoms with E-state index in [9.17, 15) is 4.79 Å². The van der Waals surface area contributed by atoms with Crippen LogP contribution in [0.25, 0.3) is 6.08 Å². The summed E-state index contributed by atoms with van der Waals surface area (Å²) >= 11 is 1.70. The van der Waals surface area contributed by atoms with Gasteiger partial charge in [-0.1, -0.05) is 11.3 Å². The molecule has 0 radical (unpaired) electrons. The van der Waals surface area contributed by atoms with Crippen LogP contribution in [0.1, 0.15) is 43.7 Å². The van der Waals surface area contributed by atoms with E-state index in [-0.39, 0.29) is 5.78 Å². The summed E-state index contributed by atoms with van der Waals surface area (Å²) in [4.78, 5) is 19.4. The van der Waals surface area contributed by atoms with Crippen LogP contribution in [0.2, 0.25) is 0 Å². The predicted molar refractivity (Wildman–Crippen MR) is 77.2 cm³/mol. The fraction of sp³-hybridized carbons (Fsp3) is 0.571. The molecule has 1 fully saturated rings.